The van der Waals surface area contributed by atoms with Crippen LogP contribution in [0.1, 0.15) is 5.56 Å². The molecule has 0 radical (unpaired) electrons. The lowest BCUT2D eigenvalue weighted by atomic mass is 10.0. The van der Waals surface area contributed by atoms with Crippen molar-refractivity contribution in [1.29, 1.82) is 0 Å². The van der Waals surface area contributed by atoms with Gasteiger partial charge in [0.15, 0.2) is 0 Å². The zero-order valence-electron chi connectivity index (χ0n) is 17.7. The number of thioether (sulfide) groups is 1. The monoisotopic (exact) mass is 453 g/mol. The van der Waals surface area contributed by atoms with Crippen LogP contribution in [0.25, 0.3) is 0 Å². The molecule has 0 saturated carbocycles. The maximum absolute atomic E-state index is 13.2. The molecule has 0 N–H and O–H groups in total. The molecule has 33 heavy (non-hydrogen) atoms. The first-order chi connectivity index (χ1) is 16.1. The average Bonchev–Trinajstić information content (AvgIpc) is 3.34. The van der Waals surface area contributed by atoms with Crippen LogP contribution in [0.2, 0.25) is 0 Å². The van der Waals surface area contributed by atoms with Gasteiger partial charge in [-0.25, -0.2) is 5.01 Å². The molecule has 3 aromatic carbocycles. The Morgan fingerprint density at radius 2 is 1.45 bits per heavy atom. The average molecular weight is 454 g/mol. The van der Waals surface area contributed by atoms with Crippen molar-refractivity contribution in [2.75, 3.05) is 11.9 Å². The Bertz CT molecular complexity index is 1290. The molecule has 162 valence electrons. The third kappa shape index (κ3) is 3.96. The van der Waals surface area contributed by atoms with Gasteiger partial charge in [-0.3, -0.25) is 9.59 Å². The lowest BCUT2D eigenvalue weighted by molar-refractivity contribution is -0.124. The van der Waals surface area contributed by atoms with Crippen LogP contribution in [0, 0.1) is 0 Å². The Morgan fingerprint density at radius 1 is 0.848 bits per heavy atom. The fourth-order valence-corrected chi connectivity index (χ4v) is 4.68. The van der Waals surface area contributed by atoms with Gasteiger partial charge >= 0.3 is 0 Å². The summed E-state index contributed by atoms with van der Waals surface area (Å²) in [5, 5.41) is 14.7. The van der Waals surface area contributed by atoms with E-state index in [1.54, 1.807) is 11.9 Å². The van der Waals surface area contributed by atoms with Gasteiger partial charge in [0.25, 0.3) is 5.91 Å². The highest BCUT2D eigenvalue weighted by molar-refractivity contribution is 8.17. The van der Waals surface area contributed by atoms with Crippen LogP contribution in [0.3, 0.4) is 0 Å². The van der Waals surface area contributed by atoms with Crippen molar-refractivity contribution in [3.63, 3.8) is 0 Å². The third-order valence-corrected chi connectivity index (χ3v) is 6.21. The van der Waals surface area contributed by atoms with Crippen molar-refractivity contribution in [3.05, 3.63) is 107 Å². The maximum Gasteiger partial charge on any atom is 0.278 e. The Hall–Kier alpha value is -4.04. The van der Waals surface area contributed by atoms with Crippen molar-refractivity contribution < 1.29 is 9.59 Å². The first kappa shape index (κ1) is 20.8. The summed E-state index contributed by atoms with van der Waals surface area (Å²) in [7, 11) is 1.61. The SMILES string of the molecule is CN1N=C(c2ccccc2)/C(=C2/SC(=O)C(N=Nc3ccccc3)N2c2ccccc2)C1=O. The molecule has 1 fully saturated rings. The molecular weight excluding hydrogens is 434 g/mol. The van der Waals surface area contributed by atoms with E-state index < -0.39 is 6.17 Å². The van der Waals surface area contributed by atoms with Crippen LogP contribution in [0.5, 0.6) is 0 Å². The molecule has 1 atom stereocenters. The number of benzene rings is 3. The predicted octanol–water partition coefficient (Wildman–Crippen LogP) is 4.96. The number of anilines is 1. The Morgan fingerprint density at radius 3 is 2.12 bits per heavy atom. The fourth-order valence-electron chi connectivity index (χ4n) is 3.65. The highest BCUT2D eigenvalue weighted by atomic mass is 32.2. The van der Waals surface area contributed by atoms with Gasteiger partial charge in [-0.05, 0) is 36.0 Å². The van der Waals surface area contributed by atoms with Crippen LogP contribution in [-0.4, -0.2) is 35.0 Å². The van der Waals surface area contributed by atoms with Gasteiger partial charge in [-0.15, -0.1) is 0 Å². The summed E-state index contributed by atoms with van der Waals surface area (Å²) in [4.78, 5) is 28.1. The molecule has 5 rings (SSSR count). The Labute approximate surface area is 195 Å². The smallest absolute Gasteiger partial charge is 0.278 e. The summed E-state index contributed by atoms with van der Waals surface area (Å²) in [6.07, 6.45) is -0.907. The molecular formula is C25H19N5O2S. The van der Waals surface area contributed by atoms with Gasteiger partial charge in [0.1, 0.15) is 16.3 Å². The van der Waals surface area contributed by atoms with E-state index >= 15 is 0 Å². The summed E-state index contributed by atoms with van der Waals surface area (Å²) < 4.78 is 0. The standard InChI is InChI=1S/C25H19N5O2S/c1-29-23(31)20(21(28-29)17-11-5-2-6-12-17)24-30(19-15-9-4-10-16-19)22(25(32)33-24)27-26-18-13-7-3-8-14-18/h2-16,22H,1H3/b24-20-,27-26?. The number of nitrogens with zero attached hydrogens (tertiary/aromatic N) is 5. The molecule has 1 saturated heterocycles. The molecule has 1 unspecified atom stereocenters. The quantitative estimate of drug-likeness (QED) is 0.413. The first-order valence-corrected chi connectivity index (χ1v) is 11.1. The van der Waals surface area contributed by atoms with Crippen molar-refractivity contribution in [2.45, 2.75) is 6.17 Å². The van der Waals surface area contributed by atoms with Crippen LogP contribution >= 0.6 is 11.8 Å². The summed E-state index contributed by atoms with van der Waals surface area (Å²) in [6, 6.07) is 28.1. The van der Waals surface area contributed by atoms with Crippen molar-refractivity contribution in [1.82, 2.24) is 5.01 Å². The predicted molar refractivity (Wildman–Crippen MR) is 129 cm³/mol. The fraction of sp³-hybridized carbons (Fsp3) is 0.0800. The summed E-state index contributed by atoms with van der Waals surface area (Å²) in [5.74, 6) is -0.272. The van der Waals surface area contributed by atoms with Gasteiger partial charge in [-0.1, -0.05) is 66.7 Å². The number of hydrogen-bond acceptors (Lipinski definition) is 7. The second-order valence-corrected chi connectivity index (χ2v) is 8.37. The number of likely N-dealkylation sites (N-methyl/N-ethyl adjacent to an activating group) is 1. The van der Waals surface area contributed by atoms with E-state index in [0.717, 1.165) is 23.0 Å². The Balaban J connectivity index is 1.65. The van der Waals surface area contributed by atoms with E-state index in [4.69, 9.17) is 0 Å². The molecule has 0 aliphatic carbocycles. The van der Waals surface area contributed by atoms with Gasteiger partial charge in [0, 0.05) is 18.3 Å². The molecule has 1 amide bonds. The number of carbonyl (C=O) groups is 2. The van der Waals surface area contributed by atoms with E-state index in [2.05, 4.69) is 15.3 Å². The van der Waals surface area contributed by atoms with Crippen LogP contribution < -0.4 is 4.90 Å². The van der Waals surface area contributed by atoms with E-state index in [1.807, 2.05) is 91.0 Å². The minimum absolute atomic E-state index is 0.212. The van der Waals surface area contributed by atoms with Crippen LogP contribution in [0.4, 0.5) is 11.4 Å². The Kier molecular flexibility index (Phi) is 5.58. The first-order valence-electron chi connectivity index (χ1n) is 10.3. The minimum atomic E-state index is -0.907. The summed E-state index contributed by atoms with van der Waals surface area (Å²) >= 11 is 0.998. The molecule has 0 spiro atoms. The second-order valence-electron chi connectivity index (χ2n) is 7.37. The second kappa shape index (κ2) is 8.84. The molecule has 2 aliphatic rings. The van der Waals surface area contributed by atoms with Crippen LogP contribution in [-0.2, 0) is 9.59 Å². The number of rotatable bonds is 4. The molecule has 7 nitrogen and oxygen atoms in total. The van der Waals surface area contributed by atoms with Crippen molar-refractivity contribution in [3.8, 4) is 0 Å². The topological polar surface area (TPSA) is 77.7 Å². The van der Waals surface area contributed by atoms with Crippen LogP contribution in [0.15, 0.2) is 117 Å². The number of azo groups is 1. The van der Waals surface area contributed by atoms with Gasteiger partial charge < -0.3 is 4.90 Å². The molecule has 2 heterocycles. The number of hydrazone groups is 1. The molecule has 3 aromatic rings. The number of para-hydroxylation sites is 1. The number of hydrogen-bond donors (Lipinski definition) is 0. The van der Waals surface area contributed by atoms with Gasteiger partial charge in [0.05, 0.1) is 5.69 Å². The highest BCUT2D eigenvalue weighted by Crippen LogP contribution is 2.43. The van der Waals surface area contributed by atoms with Crippen molar-refractivity contribution in [2.24, 2.45) is 15.3 Å². The molecule has 2 aliphatic heterocycles. The zero-order chi connectivity index (χ0) is 22.8. The van der Waals surface area contributed by atoms with E-state index in [0.29, 0.717) is 22.0 Å². The van der Waals surface area contributed by atoms with E-state index in [1.165, 1.54) is 5.01 Å². The molecule has 0 bridgehead atoms. The molecule has 8 heteroatoms. The lowest BCUT2D eigenvalue weighted by Crippen LogP contribution is -2.32. The third-order valence-electron chi connectivity index (χ3n) is 5.20. The maximum atomic E-state index is 13.2. The number of carbonyl (C=O) groups excluding carboxylic acids is 2. The minimum Gasteiger partial charge on any atom is -0.304 e. The zero-order valence-corrected chi connectivity index (χ0v) is 18.5. The lowest BCUT2D eigenvalue weighted by Gasteiger charge is -2.23. The van der Waals surface area contributed by atoms with E-state index in [-0.39, 0.29) is 11.0 Å². The van der Waals surface area contributed by atoms with Gasteiger partial charge in [0.2, 0.25) is 11.3 Å². The van der Waals surface area contributed by atoms with Gasteiger partial charge in [-0.2, -0.15) is 15.3 Å². The normalized spacial score (nSPS) is 20.8. The van der Waals surface area contributed by atoms with E-state index in [9.17, 15) is 9.59 Å². The molecule has 0 aromatic heterocycles. The highest BCUT2D eigenvalue weighted by Gasteiger charge is 2.44. The largest absolute Gasteiger partial charge is 0.304 e. The summed E-state index contributed by atoms with van der Waals surface area (Å²) in [5.41, 5.74) is 3.09. The summed E-state index contributed by atoms with van der Waals surface area (Å²) in [6.45, 7) is 0. The van der Waals surface area contributed by atoms with Crippen molar-refractivity contribution >= 4 is 39.9 Å². The number of amides is 1.